The first-order chi connectivity index (χ1) is 16.1. The van der Waals surface area contributed by atoms with Crippen molar-refractivity contribution < 1.29 is 14.3 Å². The SMILES string of the molecule is COc1cccc(Nc2ncnc3[nH]cc(CN4CCC(C)(NC(=O)OC(C)(C)C)CC4)c23)c1. The van der Waals surface area contributed by atoms with Crippen molar-refractivity contribution in [3.8, 4) is 5.75 Å². The van der Waals surface area contributed by atoms with Crippen LogP contribution in [0.1, 0.15) is 46.1 Å². The van der Waals surface area contributed by atoms with Gasteiger partial charge in [-0.1, -0.05) is 6.07 Å². The summed E-state index contributed by atoms with van der Waals surface area (Å²) in [4.78, 5) is 26.8. The number of nitrogens with zero attached hydrogens (tertiary/aromatic N) is 3. The number of methoxy groups -OCH3 is 1. The first-order valence-electron chi connectivity index (χ1n) is 11.6. The van der Waals surface area contributed by atoms with E-state index in [1.165, 1.54) is 0 Å². The van der Waals surface area contributed by atoms with Gasteiger partial charge in [0.2, 0.25) is 0 Å². The molecule has 1 aliphatic heterocycles. The minimum atomic E-state index is -0.505. The third kappa shape index (κ3) is 5.77. The van der Waals surface area contributed by atoms with Crippen LogP contribution in [-0.2, 0) is 11.3 Å². The van der Waals surface area contributed by atoms with Gasteiger partial charge < -0.3 is 25.1 Å². The molecule has 0 unspecified atom stereocenters. The van der Waals surface area contributed by atoms with Gasteiger partial charge in [-0.2, -0.15) is 0 Å². The van der Waals surface area contributed by atoms with Gasteiger partial charge in [-0.3, -0.25) is 4.90 Å². The second kappa shape index (κ2) is 9.50. The number of carbonyl (C=O) groups is 1. The number of H-pyrrole nitrogens is 1. The van der Waals surface area contributed by atoms with E-state index in [9.17, 15) is 4.79 Å². The van der Waals surface area contributed by atoms with Crippen molar-refractivity contribution in [2.75, 3.05) is 25.5 Å². The largest absolute Gasteiger partial charge is 0.497 e. The average molecular weight is 467 g/mol. The molecule has 1 amide bonds. The summed E-state index contributed by atoms with van der Waals surface area (Å²) in [6.45, 7) is 10.2. The van der Waals surface area contributed by atoms with Gasteiger partial charge in [-0.05, 0) is 58.2 Å². The monoisotopic (exact) mass is 466 g/mol. The Bertz CT molecular complexity index is 1150. The summed E-state index contributed by atoms with van der Waals surface area (Å²) in [6.07, 6.45) is 4.90. The Balaban J connectivity index is 1.44. The number of alkyl carbamates (subject to hydrolysis) is 1. The van der Waals surface area contributed by atoms with Crippen LogP contribution in [-0.4, -0.2) is 57.3 Å². The van der Waals surface area contributed by atoms with E-state index < -0.39 is 5.60 Å². The van der Waals surface area contributed by atoms with E-state index in [1.807, 2.05) is 51.2 Å². The highest BCUT2D eigenvalue weighted by Gasteiger charge is 2.33. The summed E-state index contributed by atoms with van der Waals surface area (Å²) in [6, 6.07) is 7.76. The molecule has 3 heterocycles. The molecule has 0 atom stereocenters. The van der Waals surface area contributed by atoms with Crippen LogP contribution in [0.15, 0.2) is 36.8 Å². The predicted molar refractivity (Wildman–Crippen MR) is 132 cm³/mol. The summed E-state index contributed by atoms with van der Waals surface area (Å²) < 4.78 is 10.8. The maximum Gasteiger partial charge on any atom is 0.408 e. The number of carbonyl (C=O) groups excluding carboxylic acids is 1. The van der Waals surface area contributed by atoms with Gasteiger partial charge >= 0.3 is 6.09 Å². The van der Waals surface area contributed by atoms with Gasteiger partial charge in [0, 0.05) is 43.1 Å². The number of aromatic nitrogens is 3. The first-order valence-corrected chi connectivity index (χ1v) is 11.6. The number of anilines is 2. The van der Waals surface area contributed by atoms with Crippen LogP contribution in [0.3, 0.4) is 0 Å². The summed E-state index contributed by atoms with van der Waals surface area (Å²) in [7, 11) is 1.65. The Morgan fingerprint density at radius 2 is 2.00 bits per heavy atom. The summed E-state index contributed by atoms with van der Waals surface area (Å²) in [5, 5.41) is 7.46. The number of piperidine rings is 1. The Morgan fingerprint density at radius 1 is 1.24 bits per heavy atom. The molecule has 34 heavy (non-hydrogen) atoms. The number of likely N-dealkylation sites (tertiary alicyclic amines) is 1. The number of fused-ring (bicyclic) bond motifs is 1. The fourth-order valence-electron chi connectivity index (χ4n) is 4.20. The highest BCUT2D eigenvalue weighted by Crippen LogP contribution is 2.30. The van der Waals surface area contributed by atoms with Gasteiger partial charge in [0.1, 0.15) is 29.1 Å². The molecule has 1 saturated heterocycles. The molecule has 0 radical (unpaired) electrons. The van der Waals surface area contributed by atoms with E-state index in [1.54, 1.807) is 13.4 Å². The van der Waals surface area contributed by atoms with Gasteiger partial charge in [0.25, 0.3) is 0 Å². The molecule has 182 valence electrons. The van der Waals surface area contributed by atoms with E-state index in [0.717, 1.165) is 66.3 Å². The predicted octanol–water partition coefficient (Wildman–Crippen LogP) is 4.59. The van der Waals surface area contributed by atoms with E-state index in [4.69, 9.17) is 9.47 Å². The van der Waals surface area contributed by atoms with Crippen molar-refractivity contribution >= 4 is 28.6 Å². The van der Waals surface area contributed by atoms with E-state index in [-0.39, 0.29) is 11.6 Å². The fraction of sp³-hybridized carbons (Fsp3) is 0.480. The van der Waals surface area contributed by atoms with Crippen LogP contribution < -0.4 is 15.4 Å². The van der Waals surface area contributed by atoms with E-state index in [0.29, 0.717) is 0 Å². The summed E-state index contributed by atoms with van der Waals surface area (Å²) in [5.74, 6) is 1.53. The van der Waals surface area contributed by atoms with Crippen molar-refractivity contribution in [1.29, 1.82) is 0 Å². The first kappa shape index (κ1) is 23.8. The molecular formula is C25H34N6O3. The molecule has 9 nitrogen and oxygen atoms in total. The lowest BCUT2D eigenvalue weighted by Gasteiger charge is -2.40. The highest BCUT2D eigenvalue weighted by molar-refractivity contribution is 5.92. The minimum absolute atomic E-state index is 0.277. The summed E-state index contributed by atoms with van der Waals surface area (Å²) in [5.41, 5.74) is 2.04. The van der Waals surface area contributed by atoms with Crippen molar-refractivity contribution in [2.45, 2.75) is 58.2 Å². The van der Waals surface area contributed by atoms with Crippen molar-refractivity contribution in [3.05, 3.63) is 42.4 Å². The molecule has 3 N–H and O–H groups in total. The third-order valence-corrected chi connectivity index (χ3v) is 6.04. The Morgan fingerprint density at radius 3 is 2.71 bits per heavy atom. The molecule has 0 spiro atoms. The topological polar surface area (TPSA) is 104 Å². The second-order valence-corrected chi connectivity index (χ2v) is 10.1. The number of amides is 1. The van der Waals surface area contributed by atoms with Crippen molar-refractivity contribution in [2.24, 2.45) is 0 Å². The fourth-order valence-corrected chi connectivity index (χ4v) is 4.20. The van der Waals surface area contributed by atoms with Crippen LogP contribution in [0.25, 0.3) is 11.0 Å². The smallest absolute Gasteiger partial charge is 0.408 e. The molecule has 2 aromatic heterocycles. The molecule has 0 saturated carbocycles. The molecular weight excluding hydrogens is 432 g/mol. The number of rotatable bonds is 6. The molecule has 3 aromatic rings. The number of benzene rings is 1. The zero-order valence-electron chi connectivity index (χ0n) is 20.6. The Labute approximate surface area is 200 Å². The zero-order chi connectivity index (χ0) is 24.3. The number of hydrogen-bond donors (Lipinski definition) is 3. The average Bonchev–Trinajstić information content (AvgIpc) is 3.18. The maximum atomic E-state index is 12.3. The zero-order valence-corrected chi connectivity index (χ0v) is 20.6. The van der Waals surface area contributed by atoms with Crippen LogP contribution in [0.5, 0.6) is 5.75 Å². The van der Waals surface area contributed by atoms with Crippen molar-refractivity contribution in [1.82, 2.24) is 25.2 Å². The molecule has 1 aliphatic rings. The lowest BCUT2D eigenvalue weighted by atomic mass is 9.89. The minimum Gasteiger partial charge on any atom is -0.497 e. The van der Waals surface area contributed by atoms with E-state index in [2.05, 4.69) is 37.4 Å². The maximum absolute atomic E-state index is 12.3. The number of ether oxygens (including phenoxy) is 2. The standard InChI is InChI=1S/C25H34N6O3/c1-24(2,3)34-23(32)30-25(4)9-11-31(12-10-25)15-17-14-26-21-20(17)22(28-16-27-21)29-18-7-6-8-19(13-18)33-5/h6-8,13-14,16H,9-12,15H2,1-5H3,(H,30,32)(H2,26,27,28,29). The summed E-state index contributed by atoms with van der Waals surface area (Å²) >= 11 is 0. The Kier molecular flexibility index (Phi) is 6.65. The molecule has 0 bridgehead atoms. The van der Waals surface area contributed by atoms with Crippen LogP contribution in [0, 0.1) is 0 Å². The number of nitrogens with one attached hydrogen (secondary N) is 3. The third-order valence-electron chi connectivity index (χ3n) is 6.04. The quantitative estimate of drug-likeness (QED) is 0.488. The van der Waals surface area contributed by atoms with Crippen LogP contribution >= 0.6 is 0 Å². The van der Waals surface area contributed by atoms with Gasteiger partial charge in [-0.25, -0.2) is 14.8 Å². The molecule has 1 fully saturated rings. The van der Waals surface area contributed by atoms with Gasteiger partial charge in [-0.15, -0.1) is 0 Å². The van der Waals surface area contributed by atoms with Crippen LogP contribution in [0.4, 0.5) is 16.3 Å². The normalized spacial score (nSPS) is 16.3. The van der Waals surface area contributed by atoms with Gasteiger partial charge in [0.05, 0.1) is 12.5 Å². The molecule has 4 rings (SSSR count). The van der Waals surface area contributed by atoms with E-state index >= 15 is 0 Å². The Hall–Kier alpha value is -3.33. The van der Waals surface area contributed by atoms with Crippen molar-refractivity contribution in [3.63, 3.8) is 0 Å². The number of aromatic amines is 1. The highest BCUT2D eigenvalue weighted by atomic mass is 16.6. The molecule has 1 aromatic carbocycles. The number of hydrogen-bond acceptors (Lipinski definition) is 7. The molecule has 9 heteroatoms. The lowest BCUT2D eigenvalue weighted by molar-refractivity contribution is 0.0402. The lowest BCUT2D eigenvalue weighted by Crippen LogP contribution is -2.54. The molecule has 0 aliphatic carbocycles. The second-order valence-electron chi connectivity index (χ2n) is 10.1. The van der Waals surface area contributed by atoms with Gasteiger partial charge in [0.15, 0.2) is 0 Å². The van der Waals surface area contributed by atoms with Crippen LogP contribution in [0.2, 0.25) is 0 Å².